The van der Waals surface area contributed by atoms with Gasteiger partial charge < -0.3 is 9.84 Å². The maximum atomic E-state index is 9.67. The van der Waals surface area contributed by atoms with Crippen LogP contribution in [0.3, 0.4) is 0 Å². The molecule has 1 N–H and O–H groups in total. The molecule has 3 heteroatoms. The van der Waals surface area contributed by atoms with Crippen LogP contribution >= 0.6 is 12.6 Å². The summed E-state index contributed by atoms with van der Waals surface area (Å²) in [6.45, 7) is 0. The van der Waals surface area contributed by atoms with Gasteiger partial charge in [-0.15, -0.1) is 0 Å². The molecule has 13 heavy (non-hydrogen) atoms. The van der Waals surface area contributed by atoms with Gasteiger partial charge in [0.15, 0.2) is 11.5 Å². The minimum absolute atomic E-state index is 0.256. The van der Waals surface area contributed by atoms with E-state index in [-0.39, 0.29) is 5.75 Å². The third kappa shape index (κ3) is 2.56. The first-order valence-corrected chi connectivity index (χ1v) is 4.88. The summed E-state index contributed by atoms with van der Waals surface area (Å²) in [5.41, 5.74) is 0.924. The van der Waals surface area contributed by atoms with E-state index in [1.54, 1.807) is 13.2 Å². The van der Waals surface area contributed by atoms with Crippen LogP contribution in [-0.2, 0) is 6.42 Å². The van der Waals surface area contributed by atoms with E-state index in [1.165, 1.54) is 0 Å². The normalized spacial score (nSPS) is 10.0. The highest BCUT2D eigenvalue weighted by molar-refractivity contribution is 7.80. The molecule has 0 aromatic heterocycles. The number of methoxy groups -OCH3 is 1. The van der Waals surface area contributed by atoms with Crippen LogP contribution in [0.2, 0.25) is 0 Å². The molecule has 1 aromatic rings. The minimum atomic E-state index is 0.256. The Labute approximate surface area is 84.0 Å². The van der Waals surface area contributed by atoms with Gasteiger partial charge in [0, 0.05) is 0 Å². The van der Waals surface area contributed by atoms with E-state index in [1.807, 2.05) is 12.1 Å². The molecule has 72 valence electrons. The van der Waals surface area contributed by atoms with Crippen molar-refractivity contribution in [2.45, 2.75) is 12.8 Å². The number of ether oxygens (including phenoxy) is 1. The van der Waals surface area contributed by atoms with Crippen molar-refractivity contribution in [1.29, 1.82) is 0 Å². The fraction of sp³-hybridized carbons (Fsp3) is 0.400. The number of para-hydroxylation sites is 1. The van der Waals surface area contributed by atoms with Crippen LogP contribution in [0.1, 0.15) is 12.0 Å². The molecule has 0 radical (unpaired) electrons. The maximum absolute atomic E-state index is 9.67. The maximum Gasteiger partial charge on any atom is 0.160 e. The summed E-state index contributed by atoms with van der Waals surface area (Å²) in [4.78, 5) is 0. The van der Waals surface area contributed by atoms with Gasteiger partial charge in [0.1, 0.15) is 0 Å². The van der Waals surface area contributed by atoms with Crippen LogP contribution in [0.5, 0.6) is 11.5 Å². The molecule has 0 saturated carbocycles. The average Bonchev–Trinajstić information content (AvgIpc) is 2.16. The highest BCUT2D eigenvalue weighted by Crippen LogP contribution is 2.29. The molecule has 1 rings (SSSR count). The fourth-order valence-corrected chi connectivity index (χ4v) is 1.36. The summed E-state index contributed by atoms with van der Waals surface area (Å²) >= 11 is 4.12. The molecule has 0 unspecified atom stereocenters. The predicted octanol–water partition coefficient (Wildman–Crippen LogP) is 2.26. The molecule has 2 nitrogen and oxygen atoms in total. The van der Waals surface area contributed by atoms with Gasteiger partial charge in [-0.1, -0.05) is 12.1 Å². The average molecular weight is 198 g/mol. The minimum Gasteiger partial charge on any atom is -0.504 e. The topological polar surface area (TPSA) is 29.5 Å². The first-order chi connectivity index (χ1) is 6.29. The number of aromatic hydroxyl groups is 1. The second-order valence-electron chi connectivity index (χ2n) is 2.80. The lowest BCUT2D eigenvalue weighted by molar-refractivity contribution is 0.370. The Bertz CT molecular complexity index is 274. The second kappa shape index (κ2) is 5.02. The zero-order chi connectivity index (χ0) is 9.68. The lowest BCUT2D eigenvalue weighted by Crippen LogP contribution is -1.90. The summed E-state index contributed by atoms with van der Waals surface area (Å²) in [6.07, 6.45) is 1.80. The summed E-state index contributed by atoms with van der Waals surface area (Å²) < 4.78 is 5.00. The smallest absolute Gasteiger partial charge is 0.160 e. The molecule has 0 heterocycles. The molecule has 0 aliphatic rings. The molecule has 0 aliphatic carbocycles. The molecule has 0 bridgehead atoms. The summed E-state index contributed by atoms with van der Waals surface area (Å²) in [5.74, 6) is 1.62. The molecule has 0 aliphatic heterocycles. The third-order valence-corrected chi connectivity index (χ3v) is 2.22. The van der Waals surface area contributed by atoms with Crippen molar-refractivity contribution in [2.24, 2.45) is 0 Å². The van der Waals surface area contributed by atoms with Gasteiger partial charge in [-0.05, 0) is 30.2 Å². The van der Waals surface area contributed by atoms with Gasteiger partial charge in [-0.3, -0.25) is 0 Å². The Morgan fingerprint density at radius 2 is 2.23 bits per heavy atom. The van der Waals surface area contributed by atoms with Crippen LogP contribution in [0.15, 0.2) is 18.2 Å². The lowest BCUT2D eigenvalue weighted by Gasteiger charge is -2.07. The quantitative estimate of drug-likeness (QED) is 0.727. The van der Waals surface area contributed by atoms with Gasteiger partial charge in [0.05, 0.1) is 7.11 Å². The summed E-state index contributed by atoms with van der Waals surface area (Å²) in [5, 5.41) is 9.67. The number of aryl methyl sites for hydroxylation is 1. The van der Waals surface area contributed by atoms with E-state index in [0.717, 1.165) is 24.2 Å². The highest BCUT2D eigenvalue weighted by atomic mass is 32.1. The summed E-state index contributed by atoms with van der Waals surface area (Å²) in [7, 11) is 1.55. The van der Waals surface area contributed by atoms with Gasteiger partial charge in [0.2, 0.25) is 0 Å². The standard InChI is InChI=1S/C10H14O2S/c1-12-9-6-2-4-8(10(9)11)5-3-7-13/h2,4,6,11,13H,3,5,7H2,1H3. The van der Waals surface area contributed by atoms with Gasteiger partial charge >= 0.3 is 0 Å². The van der Waals surface area contributed by atoms with E-state index in [2.05, 4.69) is 12.6 Å². The number of rotatable bonds is 4. The van der Waals surface area contributed by atoms with Gasteiger partial charge in [0.25, 0.3) is 0 Å². The van der Waals surface area contributed by atoms with Crippen molar-refractivity contribution >= 4 is 12.6 Å². The van der Waals surface area contributed by atoms with Crippen molar-refractivity contribution in [3.05, 3.63) is 23.8 Å². The molecule has 1 aromatic carbocycles. The van der Waals surface area contributed by atoms with E-state index < -0.39 is 0 Å². The van der Waals surface area contributed by atoms with E-state index >= 15 is 0 Å². The Kier molecular flexibility index (Phi) is 3.96. The molecule has 0 saturated heterocycles. The van der Waals surface area contributed by atoms with Crippen molar-refractivity contribution in [2.75, 3.05) is 12.9 Å². The zero-order valence-electron chi connectivity index (χ0n) is 7.66. The molecule has 0 fully saturated rings. The van der Waals surface area contributed by atoms with Crippen LogP contribution in [0.4, 0.5) is 0 Å². The van der Waals surface area contributed by atoms with E-state index in [4.69, 9.17) is 4.74 Å². The van der Waals surface area contributed by atoms with Crippen molar-refractivity contribution in [3.8, 4) is 11.5 Å². The van der Waals surface area contributed by atoms with Gasteiger partial charge in [-0.25, -0.2) is 0 Å². The number of phenolic OH excluding ortho intramolecular Hbond substituents is 1. The first-order valence-electron chi connectivity index (χ1n) is 4.25. The monoisotopic (exact) mass is 198 g/mol. The predicted molar refractivity (Wildman–Crippen MR) is 56.8 cm³/mol. The fourth-order valence-electron chi connectivity index (χ4n) is 1.20. The molecule has 0 atom stereocenters. The molecule has 0 spiro atoms. The largest absolute Gasteiger partial charge is 0.504 e. The second-order valence-corrected chi connectivity index (χ2v) is 3.24. The zero-order valence-corrected chi connectivity index (χ0v) is 8.55. The highest BCUT2D eigenvalue weighted by Gasteiger charge is 2.05. The number of benzene rings is 1. The molecular formula is C10H14O2S. The van der Waals surface area contributed by atoms with Crippen molar-refractivity contribution < 1.29 is 9.84 Å². The van der Waals surface area contributed by atoms with Crippen molar-refractivity contribution in [1.82, 2.24) is 0 Å². The Morgan fingerprint density at radius 3 is 2.85 bits per heavy atom. The SMILES string of the molecule is COc1cccc(CCCS)c1O. The van der Waals surface area contributed by atoms with E-state index in [0.29, 0.717) is 5.75 Å². The Morgan fingerprint density at radius 1 is 1.46 bits per heavy atom. The third-order valence-electron chi connectivity index (χ3n) is 1.91. The van der Waals surface area contributed by atoms with E-state index in [9.17, 15) is 5.11 Å². The number of thiol groups is 1. The number of hydrogen-bond donors (Lipinski definition) is 2. The van der Waals surface area contributed by atoms with Crippen LogP contribution in [-0.4, -0.2) is 18.0 Å². The molecule has 0 amide bonds. The molecular weight excluding hydrogens is 184 g/mol. The van der Waals surface area contributed by atoms with Gasteiger partial charge in [-0.2, -0.15) is 12.6 Å². The number of hydrogen-bond acceptors (Lipinski definition) is 3. The Hall–Kier alpha value is -0.830. The first kappa shape index (κ1) is 10.3. The lowest BCUT2D eigenvalue weighted by atomic mass is 10.1. The summed E-state index contributed by atoms with van der Waals surface area (Å²) in [6, 6.07) is 5.53. The van der Waals surface area contributed by atoms with Crippen LogP contribution < -0.4 is 4.74 Å². The number of phenols is 1. The van der Waals surface area contributed by atoms with Crippen LogP contribution in [0.25, 0.3) is 0 Å². The van der Waals surface area contributed by atoms with Crippen molar-refractivity contribution in [3.63, 3.8) is 0 Å². The Balaban J connectivity index is 2.81. The van der Waals surface area contributed by atoms with Crippen LogP contribution in [0, 0.1) is 0 Å².